The second kappa shape index (κ2) is 5.20. The molecule has 2 aromatic rings. The van der Waals surface area contributed by atoms with Crippen LogP contribution in [0.3, 0.4) is 0 Å². The van der Waals surface area contributed by atoms with Crippen molar-refractivity contribution >= 4 is 45.5 Å². The molecule has 0 atom stereocenters. The van der Waals surface area contributed by atoms with Gasteiger partial charge in [-0.05, 0) is 48.9 Å². The highest BCUT2D eigenvalue weighted by molar-refractivity contribution is 14.1. The number of thiophene rings is 1. The van der Waals surface area contributed by atoms with E-state index >= 15 is 0 Å². The Balaban J connectivity index is 2.60. The summed E-state index contributed by atoms with van der Waals surface area (Å²) in [5.74, 6) is 0.745. The lowest BCUT2D eigenvalue weighted by atomic mass is 10.2. The van der Waals surface area contributed by atoms with E-state index in [2.05, 4.69) is 59.4 Å². The minimum Gasteiger partial charge on any atom is -0.232 e. The fraction of sp³-hybridized carbons (Fsp3) is 0.333. The van der Waals surface area contributed by atoms with Crippen molar-refractivity contribution in [3.8, 4) is 11.4 Å². The van der Waals surface area contributed by atoms with Crippen molar-refractivity contribution in [2.75, 3.05) is 0 Å². The SMILES string of the molecule is CCc1nc(-c2cc(C)sc2C)nc(Cl)c1I. The summed E-state index contributed by atoms with van der Waals surface area (Å²) in [4.78, 5) is 11.5. The van der Waals surface area contributed by atoms with E-state index in [1.54, 1.807) is 11.3 Å². The number of aromatic nitrogens is 2. The molecular weight excluding hydrogens is 367 g/mol. The Morgan fingerprint density at radius 1 is 1.35 bits per heavy atom. The summed E-state index contributed by atoms with van der Waals surface area (Å²) in [5, 5.41) is 0.552. The molecule has 0 aliphatic heterocycles. The lowest BCUT2D eigenvalue weighted by Crippen LogP contribution is -1.99. The average molecular weight is 379 g/mol. The zero-order chi connectivity index (χ0) is 12.6. The highest BCUT2D eigenvalue weighted by atomic mass is 127. The third-order valence-corrected chi connectivity index (χ3v) is 5.19. The van der Waals surface area contributed by atoms with Crippen molar-refractivity contribution < 1.29 is 0 Å². The van der Waals surface area contributed by atoms with Crippen LogP contribution in [0, 0.1) is 17.4 Å². The van der Waals surface area contributed by atoms with Crippen LogP contribution >= 0.6 is 45.5 Å². The smallest absolute Gasteiger partial charge is 0.162 e. The van der Waals surface area contributed by atoms with Gasteiger partial charge in [0, 0.05) is 15.3 Å². The van der Waals surface area contributed by atoms with Crippen molar-refractivity contribution in [2.24, 2.45) is 0 Å². The third kappa shape index (κ3) is 2.63. The number of halogens is 2. The number of aryl methyl sites for hydroxylation is 3. The van der Waals surface area contributed by atoms with Gasteiger partial charge >= 0.3 is 0 Å². The van der Waals surface area contributed by atoms with E-state index in [1.165, 1.54) is 9.75 Å². The molecule has 5 heteroatoms. The molecule has 0 saturated heterocycles. The Morgan fingerprint density at radius 3 is 2.59 bits per heavy atom. The molecule has 2 nitrogen and oxygen atoms in total. The minimum absolute atomic E-state index is 0.552. The van der Waals surface area contributed by atoms with Crippen LogP contribution in [0.1, 0.15) is 22.4 Å². The van der Waals surface area contributed by atoms with Gasteiger partial charge in [0.05, 0.1) is 9.26 Å². The summed E-state index contributed by atoms with van der Waals surface area (Å²) in [5.41, 5.74) is 2.12. The number of hydrogen-bond acceptors (Lipinski definition) is 3. The number of hydrogen-bond donors (Lipinski definition) is 0. The van der Waals surface area contributed by atoms with Crippen LogP contribution in [0.15, 0.2) is 6.07 Å². The van der Waals surface area contributed by atoms with Gasteiger partial charge in [-0.3, -0.25) is 0 Å². The van der Waals surface area contributed by atoms with E-state index < -0.39 is 0 Å². The van der Waals surface area contributed by atoms with Gasteiger partial charge in [-0.2, -0.15) is 0 Å². The molecule has 0 amide bonds. The van der Waals surface area contributed by atoms with Gasteiger partial charge in [-0.25, -0.2) is 9.97 Å². The molecule has 2 heterocycles. The molecule has 2 aromatic heterocycles. The Bertz CT molecular complexity index is 566. The Morgan fingerprint density at radius 2 is 2.06 bits per heavy atom. The number of nitrogens with zero attached hydrogens (tertiary/aromatic N) is 2. The molecule has 2 rings (SSSR count). The highest BCUT2D eigenvalue weighted by Crippen LogP contribution is 2.30. The molecule has 0 aromatic carbocycles. The molecule has 0 spiro atoms. The topological polar surface area (TPSA) is 25.8 Å². The maximum Gasteiger partial charge on any atom is 0.162 e. The van der Waals surface area contributed by atoms with E-state index in [9.17, 15) is 0 Å². The molecular formula is C12H12ClIN2S. The van der Waals surface area contributed by atoms with Crippen LogP contribution in [-0.4, -0.2) is 9.97 Å². The zero-order valence-corrected chi connectivity index (χ0v) is 13.6. The summed E-state index contributed by atoms with van der Waals surface area (Å²) in [6.07, 6.45) is 0.871. The maximum absolute atomic E-state index is 6.15. The second-order valence-electron chi connectivity index (χ2n) is 3.78. The summed E-state index contributed by atoms with van der Waals surface area (Å²) in [6.45, 7) is 6.26. The second-order valence-corrected chi connectivity index (χ2v) is 6.68. The summed E-state index contributed by atoms with van der Waals surface area (Å²) in [6, 6.07) is 2.12. The van der Waals surface area contributed by atoms with Gasteiger partial charge in [-0.15, -0.1) is 11.3 Å². The lowest BCUT2D eigenvalue weighted by molar-refractivity contribution is 0.989. The zero-order valence-electron chi connectivity index (χ0n) is 9.84. The monoisotopic (exact) mass is 378 g/mol. The molecule has 90 valence electrons. The van der Waals surface area contributed by atoms with Crippen molar-refractivity contribution in [3.05, 3.63) is 30.2 Å². The third-order valence-electron chi connectivity index (χ3n) is 2.50. The molecule has 0 fully saturated rings. The molecule has 0 saturated carbocycles. The van der Waals surface area contributed by atoms with Crippen molar-refractivity contribution in [1.29, 1.82) is 0 Å². The van der Waals surface area contributed by atoms with Gasteiger partial charge in [0.2, 0.25) is 0 Å². The Labute approximate surface area is 124 Å². The fourth-order valence-electron chi connectivity index (χ4n) is 1.67. The van der Waals surface area contributed by atoms with Crippen LogP contribution in [0.4, 0.5) is 0 Å². The normalized spacial score (nSPS) is 10.9. The molecule has 0 unspecified atom stereocenters. The average Bonchev–Trinajstić information content (AvgIpc) is 2.61. The highest BCUT2D eigenvalue weighted by Gasteiger charge is 2.13. The molecule has 0 aliphatic carbocycles. The quantitative estimate of drug-likeness (QED) is 0.562. The molecule has 0 N–H and O–H groups in total. The van der Waals surface area contributed by atoms with E-state index in [-0.39, 0.29) is 0 Å². The Hall–Kier alpha value is -0.200. The van der Waals surface area contributed by atoms with Crippen LogP contribution in [0.25, 0.3) is 11.4 Å². The van der Waals surface area contributed by atoms with Gasteiger partial charge in [0.15, 0.2) is 5.82 Å². The fourth-order valence-corrected chi connectivity index (χ4v) is 3.40. The molecule has 0 radical (unpaired) electrons. The predicted molar refractivity (Wildman–Crippen MR) is 81.9 cm³/mol. The standard InChI is InChI=1S/C12H12ClIN2S/c1-4-9-10(14)11(13)16-12(15-9)8-5-6(2)17-7(8)3/h5H,4H2,1-3H3. The number of rotatable bonds is 2. The minimum atomic E-state index is 0.552. The van der Waals surface area contributed by atoms with Gasteiger partial charge in [-0.1, -0.05) is 18.5 Å². The van der Waals surface area contributed by atoms with Crippen LogP contribution < -0.4 is 0 Å². The first kappa shape index (κ1) is 13.2. The summed E-state index contributed by atoms with van der Waals surface area (Å²) >= 11 is 10.1. The first-order valence-corrected chi connectivity index (χ1v) is 7.59. The molecule has 17 heavy (non-hydrogen) atoms. The largest absolute Gasteiger partial charge is 0.232 e. The molecule has 0 bridgehead atoms. The first-order chi connectivity index (χ1) is 8.02. The first-order valence-electron chi connectivity index (χ1n) is 5.32. The van der Waals surface area contributed by atoms with Gasteiger partial charge < -0.3 is 0 Å². The van der Waals surface area contributed by atoms with E-state index in [1.807, 2.05) is 0 Å². The molecule has 0 aliphatic rings. The van der Waals surface area contributed by atoms with Crippen molar-refractivity contribution in [2.45, 2.75) is 27.2 Å². The van der Waals surface area contributed by atoms with E-state index in [0.717, 1.165) is 27.1 Å². The van der Waals surface area contributed by atoms with E-state index in [0.29, 0.717) is 5.15 Å². The van der Waals surface area contributed by atoms with Gasteiger partial charge in [0.25, 0.3) is 0 Å². The van der Waals surface area contributed by atoms with Crippen LogP contribution in [0.5, 0.6) is 0 Å². The lowest BCUT2D eigenvalue weighted by Gasteiger charge is -2.06. The van der Waals surface area contributed by atoms with E-state index in [4.69, 9.17) is 11.6 Å². The van der Waals surface area contributed by atoms with Crippen LogP contribution in [0.2, 0.25) is 5.15 Å². The maximum atomic E-state index is 6.15. The van der Waals surface area contributed by atoms with Crippen molar-refractivity contribution in [1.82, 2.24) is 9.97 Å². The Kier molecular flexibility index (Phi) is 4.05. The van der Waals surface area contributed by atoms with Gasteiger partial charge in [0.1, 0.15) is 5.15 Å². The predicted octanol–water partition coefficient (Wildman–Crippen LogP) is 4.64. The van der Waals surface area contributed by atoms with Crippen LogP contribution in [-0.2, 0) is 6.42 Å². The summed E-state index contributed by atoms with van der Waals surface area (Å²) < 4.78 is 0.958. The van der Waals surface area contributed by atoms with Crippen molar-refractivity contribution in [3.63, 3.8) is 0 Å². The summed E-state index contributed by atoms with van der Waals surface area (Å²) in [7, 11) is 0.